The molecule has 0 saturated carbocycles. The fraction of sp³-hybridized carbons (Fsp3) is 0.267. The van der Waals surface area contributed by atoms with Crippen molar-refractivity contribution in [3.63, 3.8) is 0 Å². The van der Waals surface area contributed by atoms with Gasteiger partial charge in [-0.1, -0.05) is 18.2 Å². The molecule has 0 amide bonds. The molecule has 23 heavy (non-hydrogen) atoms. The van der Waals surface area contributed by atoms with Gasteiger partial charge in [-0.2, -0.15) is 0 Å². The summed E-state index contributed by atoms with van der Waals surface area (Å²) < 4.78 is 32.3. The molecule has 1 heterocycles. The maximum atomic E-state index is 12.2. The molecule has 0 aliphatic heterocycles. The topological polar surface area (TPSA) is 99.9 Å². The lowest BCUT2D eigenvalue weighted by atomic mass is 10.2. The Morgan fingerprint density at radius 1 is 1.22 bits per heavy atom. The molecule has 0 aliphatic carbocycles. The maximum absolute atomic E-state index is 12.2. The van der Waals surface area contributed by atoms with E-state index in [2.05, 4.69) is 4.72 Å². The SMILES string of the molecule is CN(C)C(CNS(=O)(=O)c1ccccc1)c1ccco1.O=CO. The van der Waals surface area contributed by atoms with Crippen LogP contribution in [0.3, 0.4) is 0 Å². The number of nitrogens with one attached hydrogen (secondary N) is 1. The summed E-state index contributed by atoms with van der Waals surface area (Å²) in [5, 5.41) is 6.89. The van der Waals surface area contributed by atoms with Crippen LogP contribution in [0.15, 0.2) is 58.0 Å². The molecule has 1 unspecified atom stereocenters. The third-order valence-corrected chi connectivity index (χ3v) is 4.45. The first kappa shape index (κ1) is 18.9. The molecule has 7 nitrogen and oxygen atoms in total. The Bertz CT molecular complexity index is 669. The fourth-order valence-corrected chi connectivity index (χ4v) is 2.95. The van der Waals surface area contributed by atoms with Gasteiger partial charge in [-0.15, -0.1) is 0 Å². The normalized spacial score (nSPS) is 12.3. The third-order valence-electron chi connectivity index (χ3n) is 3.02. The van der Waals surface area contributed by atoms with E-state index in [-0.39, 0.29) is 24.0 Å². The number of nitrogens with zero attached hydrogens (tertiary/aromatic N) is 1. The summed E-state index contributed by atoms with van der Waals surface area (Å²) in [4.78, 5) is 10.5. The molecule has 1 atom stereocenters. The average molecular weight is 340 g/mol. The van der Waals surface area contributed by atoms with Crippen LogP contribution in [0.2, 0.25) is 0 Å². The average Bonchev–Trinajstić information content (AvgIpc) is 3.03. The van der Waals surface area contributed by atoms with E-state index in [0.29, 0.717) is 0 Å². The molecule has 0 spiro atoms. The van der Waals surface area contributed by atoms with Crippen LogP contribution in [0.1, 0.15) is 11.8 Å². The van der Waals surface area contributed by atoms with E-state index >= 15 is 0 Å². The van der Waals surface area contributed by atoms with E-state index in [4.69, 9.17) is 14.3 Å². The number of furan rings is 1. The van der Waals surface area contributed by atoms with Crippen molar-refractivity contribution >= 4 is 16.5 Å². The van der Waals surface area contributed by atoms with Gasteiger partial charge in [0.2, 0.25) is 10.0 Å². The number of likely N-dealkylation sites (N-methyl/N-ethyl adjacent to an activating group) is 1. The van der Waals surface area contributed by atoms with Crippen LogP contribution >= 0.6 is 0 Å². The van der Waals surface area contributed by atoms with Crippen molar-refractivity contribution in [2.75, 3.05) is 20.6 Å². The summed E-state index contributed by atoms with van der Waals surface area (Å²) in [5.41, 5.74) is 0. The molecule has 1 aromatic heterocycles. The fourth-order valence-electron chi connectivity index (χ4n) is 1.89. The number of hydrogen-bond acceptors (Lipinski definition) is 5. The highest BCUT2D eigenvalue weighted by atomic mass is 32.2. The Labute approximate surface area is 135 Å². The van der Waals surface area contributed by atoms with Gasteiger partial charge in [0.1, 0.15) is 5.76 Å². The zero-order valence-corrected chi connectivity index (χ0v) is 13.7. The van der Waals surface area contributed by atoms with Crippen LogP contribution in [-0.2, 0) is 14.8 Å². The summed E-state index contributed by atoms with van der Waals surface area (Å²) in [6, 6.07) is 11.8. The first-order valence-corrected chi connectivity index (χ1v) is 8.23. The van der Waals surface area contributed by atoms with E-state index < -0.39 is 10.0 Å². The molecule has 2 aromatic rings. The maximum Gasteiger partial charge on any atom is 0.290 e. The van der Waals surface area contributed by atoms with Crippen molar-refractivity contribution in [1.82, 2.24) is 9.62 Å². The Kier molecular flexibility index (Phi) is 7.46. The molecule has 2 rings (SSSR count). The first-order chi connectivity index (χ1) is 10.9. The molecule has 0 saturated heterocycles. The van der Waals surface area contributed by atoms with Crippen molar-refractivity contribution in [1.29, 1.82) is 0 Å². The summed E-state index contributed by atoms with van der Waals surface area (Å²) in [5.74, 6) is 0.728. The highest BCUT2D eigenvalue weighted by Gasteiger charge is 2.21. The molecular formula is C15H20N2O5S. The Balaban J connectivity index is 0.000000816. The number of sulfonamides is 1. The Morgan fingerprint density at radius 3 is 2.30 bits per heavy atom. The molecule has 0 radical (unpaired) electrons. The van der Waals surface area contributed by atoms with E-state index in [9.17, 15) is 8.42 Å². The van der Waals surface area contributed by atoms with Crippen LogP contribution in [0.4, 0.5) is 0 Å². The minimum atomic E-state index is -3.50. The molecule has 0 aliphatic rings. The highest BCUT2D eigenvalue weighted by Crippen LogP contribution is 2.18. The van der Waals surface area contributed by atoms with E-state index in [1.165, 1.54) is 0 Å². The van der Waals surface area contributed by atoms with Gasteiger partial charge in [0.05, 0.1) is 17.2 Å². The second-order valence-corrected chi connectivity index (χ2v) is 6.53. The predicted molar refractivity (Wildman–Crippen MR) is 85.5 cm³/mol. The van der Waals surface area contributed by atoms with Crippen LogP contribution in [0.5, 0.6) is 0 Å². The summed E-state index contributed by atoms with van der Waals surface area (Å²) in [7, 11) is 0.260. The van der Waals surface area contributed by atoms with Crippen molar-refractivity contribution in [3.05, 3.63) is 54.5 Å². The van der Waals surface area contributed by atoms with Gasteiger partial charge in [-0.05, 0) is 38.4 Å². The van der Waals surface area contributed by atoms with Gasteiger partial charge in [0.25, 0.3) is 6.47 Å². The lowest BCUT2D eigenvalue weighted by Gasteiger charge is -2.22. The van der Waals surface area contributed by atoms with Gasteiger partial charge in [0.15, 0.2) is 0 Å². The molecule has 126 valence electrons. The Morgan fingerprint density at radius 2 is 1.83 bits per heavy atom. The quantitative estimate of drug-likeness (QED) is 0.774. The molecule has 2 N–H and O–H groups in total. The molecule has 0 fully saturated rings. The largest absolute Gasteiger partial charge is 0.483 e. The third kappa shape index (κ3) is 5.85. The van der Waals surface area contributed by atoms with Gasteiger partial charge in [-0.25, -0.2) is 13.1 Å². The van der Waals surface area contributed by atoms with Gasteiger partial charge in [-0.3, -0.25) is 9.69 Å². The number of carboxylic acid groups (broad SMARTS) is 1. The van der Waals surface area contributed by atoms with E-state index in [1.807, 2.05) is 25.1 Å². The molecule has 8 heteroatoms. The second-order valence-electron chi connectivity index (χ2n) is 4.77. The van der Waals surface area contributed by atoms with Gasteiger partial charge < -0.3 is 9.52 Å². The van der Waals surface area contributed by atoms with Crippen molar-refractivity contribution in [3.8, 4) is 0 Å². The van der Waals surface area contributed by atoms with E-state index in [1.54, 1.807) is 42.7 Å². The first-order valence-electron chi connectivity index (χ1n) is 6.74. The zero-order chi connectivity index (χ0) is 17.3. The number of rotatable bonds is 6. The van der Waals surface area contributed by atoms with Crippen molar-refractivity contribution in [2.45, 2.75) is 10.9 Å². The van der Waals surface area contributed by atoms with E-state index in [0.717, 1.165) is 5.76 Å². The van der Waals surface area contributed by atoms with Crippen LogP contribution in [0.25, 0.3) is 0 Å². The van der Waals surface area contributed by atoms with Crippen molar-refractivity contribution in [2.24, 2.45) is 0 Å². The summed E-state index contributed by atoms with van der Waals surface area (Å²) >= 11 is 0. The Hall–Kier alpha value is -2.16. The molecule has 1 aromatic carbocycles. The summed E-state index contributed by atoms with van der Waals surface area (Å²) in [6.45, 7) is -0.00224. The smallest absolute Gasteiger partial charge is 0.290 e. The van der Waals surface area contributed by atoms with Crippen LogP contribution in [-0.4, -0.2) is 45.5 Å². The number of hydrogen-bond donors (Lipinski definition) is 2. The predicted octanol–water partition coefficient (Wildman–Crippen LogP) is 1.56. The summed E-state index contributed by atoms with van der Waals surface area (Å²) in [6.07, 6.45) is 1.58. The molecule has 0 bridgehead atoms. The lowest BCUT2D eigenvalue weighted by Crippen LogP contribution is -2.34. The minimum Gasteiger partial charge on any atom is -0.483 e. The second kappa shape index (κ2) is 9.09. The number of benzene rings is 1. The minimum absolute atomic E-state index is 0.150. The standard InChI is InChI=1S/C14H18N2O3S.CH2O2/c1-16(2)13(14-9-6-10-19-14)11-15-20(17,18)12-7-4-3-5-8-12;2-1-3/h3-10,13,15H,11H2,1-2H3;1H,(H,2,3). The zero-order valence-electron chi connectivity index (χ0n) is 12.9. The van der Waals surface area contributed by atoms with Gasteiger partial charge >= 0.3 is 0 Å². The highest BCUT2D eigenvalue weighted by molar-refractivity contribution is 7.89. The molecular weight excluding hydrogens is 320 g/mol. The monoisotopic (exact) mass is 340 g/mol. The van der Waals surface area contributed by atoms with Gasteiger partial charge in [0, 0.05) is 6.54 Å². The van der Waals surface area contributed by atoms with Crippen molar-refractivity contribution < 1.29 is 22.7 Å². The van der Waals surface area contributed by atoms with Crippen LogP contribution < -0.4 is 4.72 Å². The van der Waals surface area contributed by atoms with Crippen LogP contribution in [0, 0.1) is 0 Å². The lowest BCUT2D eigenvalue weighted by molar-refractivity contribution is -0.122. The number of carbonyl (C=O) groups is 1.